The van der Waals surface area contributed by atoms with Crippen molar-refractivity contribution in [1.29, 1.82) is 0 Å². The number of carbonyl (C=O) groups excluding carboxylic acids is 6. The molecule has 61 heavy (non-hydrogen) atoms. The molecule has 1 saturated heterocycles. The average Bonchev–Trinajstić information content (AvgIpc) is 4.05. The molecule has 16 nitrogen and oxygen atoms in total. The average molecular weight is 831 g/mol. The second-order valence-corrected chi connectivity index (χ2v) is 16.2. The number of carbonyl (C=O) groups is 6. The Bertz CT molecular complexity index is 2320. The molecule has 0 spiro atoms. The molecular weight excluding hydrogens is 781 g/mol. The molecule has 5 heterocycles. The number of rotatable bonds is 20. The number of fused-ring (bicyclic) bond motifs is 2. The predicted molar refractivity (Wildman–Crippen MR) is 226 cm³/mol. The fraction of sp³-hybridized carbons (Fsp3) is 0.444. The molecule has 1 aromatic carbocycles. The molecule has 16 heteroatoms. The first-order valence-corrected chi connectivity index (χ1v) is 21.3. The van der Waals surface area contributed by atoms with Gasteiger partial charge in [-0.15, -0.1) is 0 Å². The lowest BCUT2D eigenvalue weighted by molar-refractivity contribution is -0.136. The van der Waals surface area contributed by atoms with Gasteiger partial charge >= 0.3 is 0 Å². The Hall–Kier alpha value is -6.13. The molecule has 4 aromatic rings. The Morgan fingerprint density at radius 1 is 0.836 bits per heavy atom. The van der Waals surface area contributed by atoms with Crippen LogP contribution in [0.4, 0.5) is 23.0 Å². The van der Waals surface area contributed by atoms with Crippen molar-refractivity contribution < 1.29 is 38.2 Å². The topological polar surface area (TPSA) is 211 Å². The number of benzene rings is 1. The number of piperidine rings is 1. The van der Waals surface area contributed by atoms with E-state index in [0.29, 0.717) is 81.2 Å². The third-order valence-electron chi connectivity index (χ3n) is 11.8. The molecule has 3 aromatic heterocycles. The van der Waals surface area contributed by atoms with E-state index in [1.807, 2.05) is 24.3 Å². The molecule has 2 aliphatic carbocycles. The van der Waals surface area contributed by atoms with Crippen LogP contribution in [0.25, 0.3) is 10.9 Å². The number of hydrogen-bond acceptors (Lipinski definition) is 14. The van der Waals surface area contributed by atoms with Gasteiger partial charge in [0.2, 0.25) is 11.8 Å². The van der Waals surface area contributed by atoms with Crippen molar-refractivity contribution in [3.8, 4) is 0 Å². The minimum absolute atomic E-state index is 0.0149. The van der Waals surface area contributed by atoms with E-state index >= 15 is 0 Å². The van der Waals surface area contributed by atoms with Gasteiger partial charge in [-0.05, 0) is 87.6 Å². The Labute approximate surface area is 353 Å². The summed E-state index contributed by atoms with van der Waals surface area (Å²) in [7, 11) is 0. The van der Waals surface area contributed by atoms with Crippen molar-refractivity contribution in [2.24, 2.45) is 11.8 Å². The molecule has 4 N–H and O–H groups in total. The van der Waals surface area contributed by atoms with Gasteiger partial charge in [0.1, 0.15) is 23.5 Å². The lowest BCUT2D eigenvalue weighted by Crippen LogP contribution is -2.54. The van der Waals surface area contributed by atoms with E-state index in [1.54, 1.807) is 36.8 Å². The molecular formula is C45H50N8O8. The van der Waals surface area contributed by atoms with Gasteiger partial charge in [-0.3, -0.25) is 44.0 Å². The third kappa shape index (κ3) is 10.1. The molecule has 8 rings (SSSR count). The van der Waals surface area contributed by atoms with Gasteiger partial charge in [-0.2, -0.15) is 0 Å². The monoisotopic (exact) mass is 830 g/mol. The Morgan fingerprint density at radius 2 is 1.66 bits per heavy atom. The fourth-order valence-corrected chi connectivity index (χ4v) is 8.33. The summed E-state index contributed by atoms with van der Waals surface area (Å²) < 4.78 is 11.4. The van der Waals surface area contributed by atoms with Gasteiger partial charge in [0.05, 0.1) is 47.7 Å². The lowest BCUT2D eigenvalue weighted by Gasteiger charge is -2.27. The van der Waals surface area contributed by atoms with Crippen LogP contribution in [0, 0.1) is 11.8 Å². The summed E-state index contributed by atoms with van der Waals surface area (Å²) in [5.41, 5.74) is 3.10. The molecule has 1 atom stereocenters. The summed E-state index contributed by atoms with van der Waals surface area (Å²) in [4.78, 5) is 91.2. The van der Waals surface area contributed by atoms with Crippen LogP contribution in [0.5, 0.6) is 0 Å². The first kappa shape index (κ1) is 41.6. The van der Waals surface area contributed by atoms with E-state index in [0.717, 1.165) is 60.0 Å². The van der Waals surface area contributed by atoms with Gasteiger partial charge in [0.15, 0.2) is 5.78 Å². The lowest BCUT2D eigenvalue weighted by atomic mass is 9.77. The molecule has 3 fully saturated rings. The van der Waals surface area contributed by atoms with Crippen LogP contribution in [-0.2, 0) is 23.9 Å². The minimum Gasteiger partial charge on any atom is -0.382 e. The highest BCUT2D eigenvalue weighted by Gasteiger charge is 2.45. The number of nitrogens with one attached hydrogen (secondary N) is 4. The van der Waals surface area contributed by atoms with Crippen LogP contribution in [0.15, 0.2) is 61.1 Å². The Kier molecular flexibility index (Phi) is 13.0. The summed E-state index contributed by atoms with van der Waals surface area (Å²) in [6.07, 6.45) is 12.2. The van der Waals surface area contributed by atoms with Gasteiger partial charge in [-0.1, -0.05) is 6.07 Å². The zero-order valence-corrected chi connectivity index (χ0v) is 34.0. The zero-order chi connectivity index (χ0) is 42.3. The highest BCUT2D eigenvalue weighted by Crippen LogP contribution is 2.36. The Morgan fingerprint density at radius 3 is 2.46 bits per heavy atom. The first-order valence-electron chi connectivity index (χ1n) is 21.3. The predicted octanol–water partition coefficient (Wildman–Crippen LogP) is 5.62. The van der Waals surface area contributed by atoms with Crippen LogP contribution in [-0.4, -0.2) is 100 Å². The van der Waals surface area contributed by atoms with Crippen LogP contribution in [0.2, 0.25) is 0 Å². The van der Waals surface area contributed by atoms with Crippen molar-refractivity contribution >= 4 is 69.1 Å². The van der Waals surface area contributed by atoms with Crippen molar-refractivity contribution in [2.45, 2.75) is 82.7 Å². The number of hydrogen-bond donors (Lipinski definition) is 4. The smallest absolute Gasteiger partial charge is 0.264 e. The minimum atomic E-state index is -1.02. The van der Waals surface area contributed by atoms with Crippen molar-refractivity contribution in [1.82, 2.24) is 25.2 Å². The number of Topliss-reactive ketones (excluding diaryl/α,β-unsaturated/α-hetero) is 2. The summed E-state index contributed by atoms with van der Waals surface area (Å²) in [5, 5.41) is 13.1. The van der Waals surface area contributed by atoms with Crippen LogP contribution in [0.1, 0.15) is 102 Å². The molecule has 4 amide bonds. The zero-order valence-electron chi connectivity index (χ0n) is 34.0. The maximum Gasteiger partial charge on any atom is 0.264 e. The van der Waals surface area contributed by atoms with Crippen LogP contribution in [0.3, 0.4) is 0 Å². The van der Waals surface area contributed by atoms with Crippen LogP contribution >= 0.6 is 0 Å². The molecule has 0 bridgehead atoms. The molecule has 2 aliphatic heterocycles. The second-order valence-electron chi connectivity index (χ2n) is 16.2. The van der Waals surface area contributed by atoms with Crippen molar-refractivity contribution in [3.05, 3.63) is 77.7 Å². The summed E-state index contributed by atoms with van der Waals surface area (Å²) >= 11 is 0. The normalized spacial score (nSPS) is 20.1. The van der Waals surface area contributed by atoms with Crippen molar-refractivity contribution in [3.63, 3.8) is 0 Å². The van der Waals surface area contributed by atoms with E-state index in [1.165, 1.54) is 0 Å². The Balaban J connectivity index is 0.701. The fourth-order valence-electron chi connectivity index (χ4n) is 8.33. The number of pyridine rings is 3. The summed E-state index contributed by atoms with van der Waals surface area (Å²) in [6.45, 7) is 1.85. The second kappa shape index (κ2) is 19.1. The number of anilines is 4. The molecule has 4 aliphatic rings. The van der Waals surface area contributed by atoms with Crippen molar-refractivity contribution in [2.75, 3.05) is 48.9 Å². The van der Waals surface area contributed by atoms with E-state index in [2.05, 4.69) is 36.2 Å². The first-order chi connectivity index (χ1) is 29.7. The SMILES string of the molecule is O=C1CCC(N2C(=O)c3cccc(NCCOCCOCCCC(=O)C4CCC(CC(=O)c5cnc(Nc6ccc7cnccc7n6)cc5NC5CC5)CC4)c3C2=O)C(=O)N1. The largest absolute Gasteiger partial charge is 0.382 e. The maximum atomic E-state index is 13.6. The number of ketones is 2. The molecule has 318 valence electrons. The summed E-state index contributed by atoms with van der Waals surface area (Å²) in [6, 6.07) is 11.8. The maximum absolute atomic E-state index is 13.6. The van der Waals surface area contributed by atoms with Gasteiger partial charge < -0.3 is 25.4 Å². The highest BCUT2D eigenvalue weighted by atomic mass is 16.5. The number of aromatic nitrogens is 3. The van der Waals surface area contributed by atoms with Gasteiger partial charge in [-0.25, -0.2) is 9.97 Å². The molecule has 0 radical (unpaired) electrons. The number of imide groups is 2. The highest BCUT2D eigenvalue weighted by molar-refractivity contribution is 6.25. The van der Waals surface area contributed by atoms with E-state index in [9.17, 15) is 28.8 Å². The van der Waals surface area contributed by atoms with E-state index < -0.39 is 29.7 Å². The molecule has 1 unspecified atom stereocenters. The number of amides is 4. The quantitative estimate of drug-likeness (QED) is 0.0484. The van der Waals surface area contributed by atoms with Gasteiger partial charge in [0, 0.05) is 80.1 Å². The third-order valence-corrected chi connectivity index (χ3v) is 11.8. The summed E-state index contributed by atoms with van der Waals surface area (Å²) in [5.74, 6) is -0.358. The molecule has 2 saturated carbocycles. The van der Waals surface area contributed by atoms with E-state index in [-0.39, 0.29) is 47.4 Å². The van der Waals surface area contributed by atoms with E-state index in [4.69, 9.17) is 9.47 Å². The number of nitrogens with zero attached hydrogens (tertiary/aromatic N) is 4. The standard InChI is InChI=1S/C45H50N8O8/c54-37(5-2-19-60-21-22-61-20-18-47-34-4-1-3-31-42(34)45(59)53(44(31)58)36-13-15-41(56)52-43(36)57)28-8-6-27(7-9-28)23-38(55)32-26-48-40(24-35(32)49-30-11-12-30)51-39-14-10-29-25-46-17-16-33(29)50-39/h1,3-4,10,14,16-17,24-28,30,36,47H,2,5-9,11-13,15,18-23H2,(H,52,56,57)(H2,48,49,50,51). The number of ether oxygens (including phenoxy) is 2. The van der Waals surface area contributed by atoms with Gasteiger partial charge in [0.25, 0.3) is 11.8 Å². The van der Waals surface area contributed by atoms with Crippen LogP contribution < -0.4 is 21.3 Å².